The van der Waals surface area contributed by atoms with E-state index in [0.717, 1.165) is 23.8 Å². The quantitative estimate of drug-likeness (QED) is 0.613. The van der Waals surface area contributed by atoms with Crippen molar-refractivity contribution in [1.29, 1.82) is 0 Å². The van der Waals surface area contributed by atoms with Gasteiger partial charge in [-0.05, 0) is 25.2 Å². The summed E-state index contributed by atoms with van der Waals surface area (Å²) in [6, 6.07) is 0. The summed E-state index contributed by atoms with van der Waals surface area (Å²) in [5.41, 5.74) is -0.805. The maximum atomic E-state index is 11.2. The molecule has 15 heavy (non-hydrogen) atoms. The van der Waals surface area contributed by atoms with Crippen LogP contribution < -0.4 is 11.4 Å². The third-order valence-electron chi connectivity index (χ3n) is 2.96. The van der Waals surface area contributed by atoms with Crippen LogP contribution in [0, 0.1) is 5.92 Å². The Bertz CT molecular complexity index is 403. The lowest BCUT2D eigenvalue weighted by molar-refractivity contribution is 0.0947. The number of hydrogen-bond acceptors (Lipinski definition) is 3. The van der Waals surface area contributed by atoms with Crippen molar-refractivity contribution in [3.8, 4) is 0 Å². The molecule has 1 saturated carbocycles. The molecule has 6 nitrogen and oxygen atoms in total. The van der Waals surface area contributed by atoms with Crippen molar-refractivity contribution in [1.82, 2.24) is 14.8 Å². The van der Waals surface area contributed by atoms with Crippen LogP contribution in [0.1, 0.15) is 25.7 Å². The molecule has 1 aliphatic rings. The lowest BCUT2D eigenvalue weighted by atomic mass is 9.87. The molecular formula is C9H15N3O3. The molecule has 2 rings (SSSR count). The fourth-order valence-corrected chi connectivity index (χ4v) is 2.19. The summed E-state index contributed by atoms with van der Waals surface area (Å²) in [6.07, 6.45) is 3.15. The monoisotopic (exact) mass is 213 g/mol. The van der Waals surface area contributed by atoms with E-state index >= 15 is 0 Å². The molecule has 2 unspecified atom stereocenters. The topological polar surface area (TPSA) is 90.9 Å². The Morgan fingerprint density at radius 1 is 1.27 bits per heavy atom. The Balaban J connectivity index is 2.08. The smallest absolute Gasteiger partial charge is 0.344 e. The van der Waals surface area contributed by atoms with Gasteiger partial charge in [0.25, 0.3) is 0 Å². The molecule has 2 atom stereocenters. The summed E-state index contributed by atoms with van der Waals surface area (Å²) in [4.78, 5) is 22.4. The molecule has 0 aromatic carbocycles. The fourth-order valence-electron chi connectivity index (χ4n) is 2.19. The van der Waals surface area contributed by atoms with Crippen LogP contribution in [-0.2, 0) is 6.54 Å². The van der Waals surface area contributed by atoms with Crippen molar-refractivity contribution in [2.24, 2.45) is 5.92 Å². The number of aromatic amines is 2. The van der Waals surface area contributed by atoms with Gasteiger partial charge >= 0.3 is 11.4 Å². The van der Waals surface area contributed by atoms with Gasteiger partial charge in [0, 0.05) is 6.54 Å². The normalized spacial score (nSPS) is 26.7. The van der Waals surface area contributed by atoms with Gasteiger partial charge in [-0.15, -0.1) is 0 Å². The first-order chi connectivity index (χ1) is 7.16. The number of H-pyrrole nitrogens is 2. The average molecular weight is 213 g/mol. The van der Waals surface area contributed by atoms with Crippen molar-refractivity contribution >= 4 is 0 Å². The van der Waals surface area contributed by atoms with Crippen molar-refractivity contribution in [3.63, 3.8) is 0 Å². The Hall–Kier alpha value is -1.30. The van der Waals surface area contributed by atoms with E-state index in [0.29, 0.717) is 13.0 Å². The van der Waals surface area contributed by atoms with Crippen LogP contribution in [0.25, 0.3) is 0 Å². The van der Waals surface area contributed by atoms with E-state index in [1.165, 1.54) is 0 Å². The second kappa shape index (κ2) is 4.06. The number of nitrogens with one attached hydrogen (secondary N) is 2. The lowest BCUT2D eigenvalue weighted by Gasteiger charge is -2.25. The molecule has 6 heteroatoms. The predicted octanol–water partition coefficient (Wildman–Crippen LogP) is -0.584. The van der Waals surface area contributed by atoms with Gasteiger partial charge in [-0.25, -0.2) is 24.4 Å². The maximum Gasteiger partial charge on any atom is 0.344 e. The molecule has 1 aliphatic carbocycles. The molecular weight excluding hydrogens is 198 g/mol. The highest BCUT2D eigenvalue weighted by atomic mass is 16.3. The Morgan fingerprint density at radius 2 is 1.93 bits per heavy atom. The van der Waals surface area contributed by atoms with Crippen LogP contribution in [0.3, 0.4) is 0 Å². The molecule has 0 spiro atoms. The summed E-state index contributed by atoms with van der Waals surface area (Å²) >= 11 is 0. The minimum Gasteiger partial charge on any atom is -0.393 e. The summed E-state index contributed by atoms with van der Waals surface area (Å²) in [5.74, 6) is 0.225. The predicted molar refractivity (Wildman–Crippen MR) is 53.6 cm³/mol. The number of hydrogen-bond donors (Lipinski definition) is 3. The molecule has 1 aromatic rings. The largest absolute Gasteiger partial charge is 0.393 e. The molecule has 0 amide bonds. The highest BCUT2D eigenvalue weighted by molar-refractivity contribution is 4.75. The average Bonchev–Trinajstić information content (AvgIpc) is 2.50. The van der Waals surface area contributed by atoms with Gasteiger partial charge < -0.3 is 5.11 Å². The molecule has 1 fully saturated rings. The Morgan fingerprint density at radius 3 is 2.53 bits per heavy atom. The van der Waals surface area contributed by atoms with E-state index < -0.39 is 11.4 Å². The van der Waals surface area contributed by atoms with Gasteiger partial charge in [-0.3, -0.25) is 0 Å². The van der Waals surface area contributed by atoms with Crippen molar-refractivity contribution in [3.05, 3.63) is 21.0 Å². The zero-order valence-electron chi connectivity index (χ0n) is 8.40. The zero-order chi connectivity index (χ0) is 10.8. The summed E-state index contributed by atoms with van der Waals surface area (Å²) in [5, 5.41) is 14.0. The Kier molecular flexibility index (Phi) is 2.77. The fraction of sp³-hybridized carbons (Fsp3) is 0.778. The second-order valence-electron chi connectivity index (χ2n) is 4.16. The number of aromatic nitrogens is 3. The summed E-state index contributed by atoms with van der Waals surface area (Å²) < 4.78 is 1.16. The molecule has 0 aliphatic heterocycles. The van der Waals surface area contributed by atoms with Crippen molar-refractivity contribution in [2.75, 3.05) is 0 Å². The first-order valence-electron chi connectivity index (χ1n) is 5.22. The third kappa shape index (κ3) is 2.20. The standard InChI is InChI=1S/C9H15N3O3/c13-7-3-1-2-6(4-7)5-12-8(14)10-11-9(12)15/h6-7,13H,1-5H2,(H,10,14)(H,11,15). The molecule has 1 aromatic heterocycles. The zero-order valence-corrected chi connectivity index (χ0v) is 8.40. The van der Waals surface area contributed by atoms with E-state index in [-0.39, 0.29) is 12.0 Å². The van der Waals surface area contributed by atoms with Crippen LogP contribution in [0.2, 0.25) is 0 Å². The summed E-state index contributed by atoms with van der Waals surface area (Å²) in [7, 11) is 0. The van der Waals surface area contributed by atoms with Gasteiger partial charge in [0.15, 0.2) is 0 Å². The first-order valence-corrected chi connectivity index (χ1v) is 5.22. The number of rotatable bonds is 2. The van der Waals surface area contributed by atoms with E-state index in [1.807, 2.05) is 0 Å². The van der Waals surface area contributed by atoms with Gasteiger partial charge in [0.2, 0.25) is 0 Å². The number of aliphatic hydroxyl groups excluding tert-OH is 1. The molecule has 84 valence electrons. The molecule has 0 radical (unpaired) electrons. The van der Waals surface area contributed by atoms with Gasteiger partial charge in [0.1, 0.15) is 0 Å². The minimum absolute atomic E-state index is 0.225. The van der Waals surface area contributed by atoms with E-state index in [9.17, 15) is 14.7 Å². The number of aliphatic hydroxyl groups is 1. The highest BCUT2D eigenvalue weighted by Gasteiger charge is 2.21. The van der Waals surface area contributed by atoms with E-state index in [1.54, 1.807) is 0 Å². The molecule has 3 N–H and O–H groups in total. The van der Waals surface area contributed by atoms with Crippen LogP contribution in [0.5, 0.6) is 0 Å². The minimum atomic E-state index is -0.403. The second-order valence-corrected chi connectivity index (χ2v) is 4.16. The Labute approximate surface area is 85.9 Å². The van der Waals surface area contributed by atoms with Crippen LogP contribution in [-0.4, -0.2) is 26.0 Å². The maximum absolute atomic E-state index is 11.2. The van der Waals surface area contributed by atoms with Gasteiger partial charge in [-0.2, -0.15) is 0 Å². The molecule has 0 bridgehead atoms. The number of nitrogens with zero attached hydrogens (tertiary/aromatic N) is 1. The van der Waals surface area contributed by atoms with Crippen molar-refractivity contribution < 1.29 is 5.11 Å². The summed E-state index contributed by atoms with van der Waals surface area (Å²) in [6.45, 7) is 0.398. The first kappa shape index (κ1) is 10.2. The lowest BCUT2D eigenvalue weighted by Crippen LogP contribution is -2.32. The van der Waals surface area contributed by atoms with Crippen LogP contribution in [0.4, 0.5) is 0 Å². The van der Waals surface area contributed by atoms with Crippen molar-refractivity contribution in [2.45, 2.75) is 38.3 Å². The molecule has 1 heterocycles. The third-order valence-corrected chi connectivity index (χ3v) is 2.96. The van der Waals surface area contributed by atoms with Gasteiger partial charge in [0.05, 0.1) is 6.10 Å². The van der Waals surface area contributed by atoms with E-state index in [2.05, 4.69) is 10.2 Å². The van der Waals surface area contributed by atoms with E-state index in [4.69, 9.17) is 0 Å². The van der Waals surface area contributed by atoms with Gasteiger partial charge in [-0.1, -0.05) is 6.42 Å². The van der Waals surface area contributed by atoms with Crippen LogP contribution in [0.15, 0.2) is 9.59 Å². The highest BCUT2D eigenvalue weighted by Crippen LogP contribution is 2.24. The van der Waals surface area contributed by atoms with Crippen LogP contribution >= 0.6 is 0 Å². The molecule has 0 saturated heterocycles. The SMILES string of the molecule is O=c1[nH][nH]c(=O)n1CC1CCCC(O)C1.